The molecule has 3 N–H and O–H groups in total. The van der Waals surface area contributed by atoms with Crippen molar-refractivity contribution in [1.29, 1.82) is 0 Å². The minimum absolute atomic E-state index is 0.207. The number of nitrogens with one attached hydrogen (secondary N) is 2. The molecular formula is C12H22N2O4. The van der Waals surface area contributed by atoms with Crippen LogP contribution in [0.3, 0.4) is 0 Å². The first-order valence-electron chi connectivity index (χ1n) is 6.39. The minimum atomic E-state index is -1.01. The number of carbonyl (C=O) groups is 2. The number of rotatable bonds is 8. The van der Waals surface area contributed by atoms with Crippen LogP contribution < -0.4 is 10.6 Å². The molecule has 0 aromatic rings. The lowest BCUT2D eigenvalue weighted by Gasteiger charge is -2.41. The maximum atomic E-state index is 11.4. The zero-order valence-corrected chi connectivity index (χ0v) is 10.8. The van der Waals surface area contributed by atoms with Gasteiger partial charge in [0.2, 0.25) is 0 Å². The highest BCUT2D eigenvalue weighted by Crippen LogP contribution is 2.42. The van der Waals surface area contributed by atoms with Gasteiger partial charge >= 0.3 is 12.0 Å². The average Bonchev–Trinajstić information content (AvgIpc) is 2.27. The number of hydrogen-bond acceptors (Lipinski definition) is 3. The fraction of sp³-hybridized carbons (Fsp3) is 0.833. The zero-order valence-electron chi connectivity index (χ0n) is 10.8. The molecule has 1 saturated carbocycles. The Morgan fingerprint density at radius 2 is 2.06 bits per heavy atom. The fourth-order valence-electron chi connectivity index (χ4n) is 2.06. The Morgan fingerprint density at radius 1 is 1.33 bits per heavy atom. The Balaban J connectivity index is 2.02. The minimum Gasteiger partial charge on any atom is -0.480 e. The summed E-state index contributed by atoms with van der Waals surface area (Å²) < 4.78 is 4.80. The van der Waals surface area contributed by atoms with E-state index in [4.69, 9.17) is 9.84 Å². The molecule has 18 heavy (non-hydrogen) atoms. The maximum absolute atomic E-state index is 11.4. The van der Waals surface area contributed by atoms with Gasteiger partial charge in [-0.25, -0.2) is 9.59 Å². The second-order valence-electron chi connectivity index (χ2n) is 4.76. The van der Waals surface area contributed by atoms with Gasteiger partial charge in [-0.2, -0.15) is 0 Å². The van der Waals surface area contributed by atoms with Gasteiger partial charge in [0.05, 0.1) is 6.61 Å². The molecule has 0 aromatic heterocycles. The van der Waals surface area contributed by atoms with Gasteiger partial charge in [0.1, 0.15) is 6.61 Å². The predicted molar refractivity (Wildman–Crippen MR) is 66.4 cm³/mol. The van der Waals surface area contributed by atoms with Gasteiger partial charge in [0.25, 0.3) is 0 Å². The van der Waals surface area contributed by atoms with Crippen molar-refractivity contribution in [3.63, 3.8) is 0 Å². The molecule has 0 bridgehead atoms. The summed E-state index contributed by atoms with van der Waals surface area (Å²) in [4.78, 5) is 21.6. The number of urea groups is 1. The standard InChI is InChI=1S/C12H22N2O4/c1-2-12(4-3-5-12)9-14-11(17)13-6-7-18-8-10(15)16/h2-9H2,1H3,(H,15,16)(H2,13,14,17). The Labute approximate surface area is 107 Å². The van der Waals surface area contributed by atoms with Crippen molar-refractivity contribution < 1.29 is 19.4 Å². The van der Waals surface area contributed by atoms with E-state index >= 15 is 0 Å². The van der Waals surface area contributed by atoms with Crippen LogP contribution in [0.25, 0.3) is 0 Å². The Morgan fingerprint density at radius 3 is 2.56 bits per heavy atom. The van der Waals surface area contributed by atoms with E-state index in [1.807, 2.05) is 0 Å². The predicted octanol–water partition coefficient (Wildman–Crippen LogP) is 0.967. The van der Waals surface area contributed by atoms with E-state index in [0.717, 1.165) is 6.42 Å². The SMILES string of the molecule is CCC1(CNC(=O)NCCOCC(=O)O)CCC1. The van der Waals surface area contributed by atoms with Crippen molar-refractivity contribution in [2.45, 2.75) is 32.6 Å². The molecule has 0 unspecified atom stereocenters. The number of ether oxygens (including phenoxy) is 1. The highest BCUT2D eigenvalue weighted by Gasteiger charge is 2.35. The summed E-state index contributed by atoms with van der Waals surface area (Å²) in [5.74, 6) is -1.01. The van der Waals surface area contributed by atoms with Crippen LogP contribution in [0.2, 0.25) is 0 Å². The number of carboxylic acid groups (broad SMARTS) is 1. The second kappa shape index (κ2) is 7.20. The zero-order chi connectivity index (χ0) is 13.4. The van der Waals surface area contributed by atoms with E-state index in [2.05, 4.69) is 17.6 Å². The van der Waals surface area contributed by atoms with E-state index in [9.17, 15) is 9.59 Å². The van der Waals surface area contributed by atoms with Gasteiger partial charge in [-0.3, -0.25) is 0 Å². The molecule has 1 fully saturated rings. The Bertz CT molecular complexity index is 284. The smallest absolute Gasteiger partial charge is 0.329 e. The molecule has 0 atom stereocenters. The first kappa shape index (κ1) is 14.8. The first-order valence-corrected chi connectivity index (χ1v) is 6.39. The van der Waals surface area contributed by atoms with Crippen LogP contribution in [0, 0.1) is 5.41 Å². The molecule has 0 aromatic carbocycles. The second-order valence-corrected chi connectivity index (χ2v) is 4.76. The van der Waals surface area contributed by atoms with Crippen molar-refractivity contribution in [2.24, 2.45) is 5.41 Å². The molecule has 0 aliphatic heterocycles. The molecule has 1 aliphatic rings. The normalized spacial score (nSPS) is 16.7. The summed E-state index contributed by atoms with van der Waals surface area (Å²) in [6.07, 6.45) is 4.71. The fourth-order valence-corrected chi connectivity index (χ4v) is 2.06. The first-order chi connectivity index (χ1) is 8.58. The van der Waals surface area contributed by atoms with E-state index in [0.29, 0.717) is 18.5 Å². The third-order valence-corrected chi connectivity index (χ3v) is 3.55. The summed E-state index contributed by atoms with van der Waals surface area (Å²) in [5.41, 5.74) is 0.303. The van der Waals surface area contributed by atoms with E-state index < -0.39 is 5.97 Å². The lowest BCUT2D eigenvalue weighted by Crippen LogP contribution is -2.45. The van der Waals surface area contributed by atoms with E-state index in [1.54, 1.807) is 0 Å². The number of carbonyl (C=O) groups excluding carboxylic acids is 1. The number of aliphatic carboxylic acids is 1. The maximum Gasteiger partial charge on any atom is 0.329 e. The van der Waals surface area contributed by atoms with Crippen LogP contribution in [-0.2, 0) is 9.53 Å². The topological polar surface area (TPSA) is 87.7 Å². The summed E-state index contributed by atoms with van der Waals surface area (Å²) in [6, 6.07) is -0.214. The van der Waals surface area contributed by atoms with Crippen molar-refractivity contribution in [3.8, 4) is 0 Å². The van der Waals surface area contributed by atoms with Crippen molar-refractivity contribution in [2.75, 3.05) is 26.3 Å². The molecule has 1 aliphatic carbocycles. The molecule has 104 valence electrons. The highest BCUT2D eigenvalue weighted by molar-refractivity contribution is 5.73. The molecule has 2 amide bonds. The van der Waals surface area contributed by atoms with Gasteiger partial charge < -0.3 is 20.5 Å². The van der Waals surface area contributed by atoms with Gasteiger partial charge in [-0.05, 0) is 24.7 Å². The number of carboxylic acids is 1. The summed E-state index contributed by atoms with van der Waals surface area (Å²) in [5, 5.41) is 13.8. The lowest BCUT2D eigenvalue weighted by atomic mass is 9.67. The van der Waals surface area contributed by atoms with Crippen LogP contribution in [-0.4, -0.2) is 43.4 Å². The van der Waals surface area contributed by atoms with Crippen molar-refractivity contribution >= 4 is 12.0 Å². The molecular weight excluding hydrogens is 236 g/mol. The van der Waals surface area contributed by atoms with Crippen LogP contribution in [0.15, 0.2) is 0 Å². The van der Waals surface area contributed by atoms with Crippen molar-refractivity contribution in [3.05, 3.63) is 0 Å². The van der Waals surface area contributed by atoms with Crippen LogP contribution >= 0.6 is 0 Å². The molecule has 6 nitrogen and oxygen atoms in total. The Hall–Kier alpha value is -1.30. The summed E-state index contributed by atoms with van der Waals surface area (Å²) in [6.45, 7) is 3.06. The number of hydrogen-bond donors (Lipinski definition) is 3. The van der Waals surface area contributed by atoms with Gasteiger partial charge in [0, 0.05) is 13.1 Å². The van der Waals surface area contributed by atoms with Gasteiger partial charge in [0.15, 0.2) is 0 Å². The molecule has 0 radical (unpaired) electrons. The third-order valence-electron chi connectivity index (χ3n) is 3.55. The quantitative estimate of drug-likeness (QED) is 0.566. The largest absolute Gasteiger partial charge is 0.480 e. The Kier molecular flexibility index (Phi) is 5.91. The molecule has 0 spiro atoms. The van der Waals surface area contributed by atoms with Gasteiger partial charge in [-0.15, -0.1) is 0 Å². The molecule has 6 heteroatoms. The van der Waals surface area contributed by atoms with Gasteiger partial charge in [-0.1, -0.05) is 13.3 Å². The molecule has 0 heterocycles. The van der Waals surface area contributed by atoms with Crippen molar-refractivity contribution in [1.82, 2.24) is 10.6 Å². The average molecular weight is 258 g/mol. The van der Waals surface area contributed by atoms with Crippen LogP contribution in [0.4, 0.5) is 4.79 Å². The lowest BCUT2D eigenvalue weighted by molar-refractivity contribution is -0.142. The van der Waals surface area contributed by atoms with E-state index in [-0.39, 0.29) is 19.2 Å². The molecule has 1 rings (SSSR count). The summed E-state index contributed by atoms with van der Waals surface area (Å²) in [7, 11) is 0. The molecule has 0 saturated heterocycles. The summed E-state index contributed by atoms with van der Waals surface area (Å²) >= 11 is 0. The van der Waals surface area contributed by atoms with Crippen LogP contribution in [0.5, 0.6) is 0 Å². The van der Waals surface area contributed by atoms with E-state index in [1.165, 1.54) is 19.3 Å². The monoisotopic (exact) mass is 258 g/mol. The number of amides is 2. The van der Waals surface area contributed by atoms with Crippen LogP contribution in [0.1, 0.15) is 32.6 Å². The third kappa shape index (κ3) is 4.91. The highest BCUT2D eigenvalue weighted by atomic mass is 16.5.